The van der Waals surface area contributed by atoms with Crippen molar-refractivity contribution in [3.05, 3.63) is 29.8 Å². The summed E-state index contributed by atoms with van der Waals surface area (Å²) >= 11 is 0. The fraction of sp³-hybridized carbons (Fsp3) is 0.611. The van der Waals surface area contributed by atoms with Crippen molar-refractivity contribution in [1.82, 2.24) is 10.6 Å². The van der Waals surface area contributed by atoms with E-state index in [4.69, 9.17) is 9.47 Å². The summed E-state index contributed by atoms with van der Waals surface area (Å²) in [5.74, 6) is 1.70. The fourth-order valence-corrected chi connectivity index (χ4v) is 2.03. The van der Waals surface area contributed by atoms with Gasteiger partial charge in [0, 0.05) is 25.3 Å². The Labute approximate surface area is 163 Å². The van der Waals surface area contributed by atoms with E-state index in [9.17, 15) is 0 Å². The Morgan fingerprint density at radius 2 is 1.88 bits per heavy atom. The molecule has 0 aliphatic heterocycles. The summed E-state index contributed by atoms with van der Waals surface area (Å²) in [6.45, 7) is 10.6. The lowest BCUT2D eigenvalue weighted by molar-refractivity contribution is 0.136. The number of para-hydroxylation sites is 1. The molecule has 0 aliphatic carbocycles. The zero-order chi connectivity index (χ0) is 16.8. The van der Waals surface area contributed by atoms with Crippen molar-refractivity contribution in [2.75, 3.05) is 32.9 Å². The van der Waals surface area contributed by atoms with Crippen molar-refractivity contribution in [3.8, 4) is 5.75 Å². The minimum atomic E-state index is 0. The summed E-state index contributed by atoms with van der Waals surface area (Å²) in [4.78, 5) is 4.62. The van der Waals surface area contributed by atoms with Gasteiger partial charge in [0.1, 0.15) is 5.75 Å². The van der Waals surface area contributed by atoms with Crippen molar-refractivity contribution in [1.29, 1.82) is 0 Å². The second-order valence-electron chi connectivity index (χ2n) is 5.13. The Hall–Kier alpha value is -1.02. The van der Waals surface area contributed by atoms with Crippen LogP contribution in [-0.2, 0) is 11.3 Å². The first kappa shape index (κ1) is 23.0. The van der Waals surface area contributed by atoms with Gasteiger partial charge in [-0.05, 0) is 26.3 Å². The van der Waals surface area contributed by atoms with Gasteiger partial charge in [-0.2, -0.15) is 0 Å². The number of hydrogen-bond acceptors (Lipinski definition) is 3. The molecule has 0 bridgehead atoms. The highest BCUT2D eigenvalue weighted by Gasteiger charge is 2.02. The monoisotopic (exact) mass is 449 g/mol. The molecule has 24 heavy (non-hydrogen) atoms. The van der Waals surface area contributed by atoms with Crippen molar-refractivity contribution >= 4 is 29.9 Å². The van der Waals surface area contributed by atoms with Crippen molar-refractivity contribution in [3.63, 3.8) is 0 Å². The highest BCUT2D eigenvalue weighted by atomic mass is 127. The molecule has 0 saturated heterocycles. The van der Waals surface area contributed by atoms with E-state index in [1.165, 1.54) is 0 Å². The zero-order valence-corrected chi connectivity index (χ0v) is 17.5. The van der Waals surface area contributed by atoms with E-state index in [0.29, 0.717) is 19.8 Å². The lowest BCUT2D eigenvalue weighted by atomic mass is 10.2. The molecule has 2 N–H and O–H groups in total. The predicted molar refractivity (Wildman–Crippen MR) is 112 cm³/mol. The van der Waals surface area contributed by atoms with Gasteiger partial charge < -0.3 is 20.1 Å². The quantitative estimate of drug-likeness (QED) is 0.235. The van der Waals surface area contributed by atoms with Crippen LogP contribution < -0.4 is 15.4 Å². The molecule has 0 saturated carbocycles. The van der Waals surface area contributed by atoms with E-state index in [0.717, 1.165) is 49.8 Å². The van der Waals surface area contributed by atoms with E-state index in [2.05, 4.69) is 29.5 Å². The molecule has 138 valence electrons. The first-order valence-corrected chi connectivity index (χ1v) is 8.62. The molecule has 0 aliphatic rings. The van der Waals surface area contributed by atoms with Gasteiger partial charge in [-0.1, -0.05) is 31.5 Å². The van der Waals surface area contributed by atoms with Crippen LogP contribution in [0.5, 0.6) is 5.75 Å². The first-order valence-electron chi connectivity index (χ1n) is 8.62. The van der Waals surface area contributed by atoms with Crippen LogP contribution in [0.4, 0.5) is 0 Å². The molecule has 0 amide bonds. The molecule has 0 aromatic heterocycles. The predicted octanol–water partition coefficient (Wildman–Crippen LogP) is 3.58. The maximum Gasteiger partial charge on any atom is 0.191 e. The maximum absolute atomic E-state index is 5.64. The van der Waals surface area contributed by atoms with Crippen molar-refractivity contribution in [2.24, 2.45) is 4.99 Å². The SMILES string of the molecule is CCCCOCCNC(=NCc1ccccc1OCC)NCC.I. The third-order valence-corrected chi connectivity index (χ3v) is 3.21. The minimum absolute atomic E-state index is 0. The number of hydrogen-bond donors (Lipinski definition) is 2. The molecule has 0 fully saturated rings. The van der Waals surface area contributed by atoms with Gasteiger partial charge in [-0.3, -0.25) is 0 Å². The van der Waals surface area contributed by atoms with E-state index in [1.54, 1.807) is 0 Å². The number of guanidine groups is 1. The molecule has 5 nitrogen and oxygen atoms in total. The van der Waals surface area contributed by atoms with Crippen molar-refractivity contribution in [2.45, 2.75) is 40.2 Å². The first-order chi connectivity index (χ1) is 11.3. The molecule has 0 unspecified atom stereocenters. The number of benzene rings is 1. The average Bonchev–Trinajstić information content (AvgIpc) is 2.57. The zero-order valence-electron chi connectivity index (χ0n) is 15.1. The van der Waals surface area contributed by atoms with Crippen LogP contribution in [0.2, 0.25) is 0 Å². The summed E-state index contributed by atoms with van der Waals surface area (Å²) in [6, 6.07) is 8.02. The Morgan fingerprint density at radius 1 is 1.08 bits per heavy atom. The van der Waals surface area contributed by atoms with Crippen LogP contribution in [0, 0.1) is 0 Å². The second kappa shape index (κ2) is 15.5. The molecule has 1 rings (SSSR count). The van der Waals surface area contributed by atoms with Gasteiger partial charge in [-0.15, -0.1) is 24.0 Å². The summed E-state index contributed by atoms with van der Waals surface area (Å²) in [5.41, 5.74) is 1.09. The summed E-state index contributed by atoms with van der Waals surface area (Å²) in [7, 11) is 0. The van der Waals surface area contributed by atoms with Crippen LogP contribution in [0.15, 0.2) is 29.3 Å². The van der Waals surface area contributed by atoms with Crippen LogP contribution in [0.3, 0.4) is 0 Å². The summed E-state index contributed by atoms with van der Waals surface area (Å²) < 4.78 is 11.2. The third-order valence-electron chi connectivity index (χ3n) is 3.21. The Morgan fingerprint density at radius 3 is 2.58 bits per heavy atom. The molecule has 0 heterocycles. The third kappa shape index (κ3) is 9.97. The fourth-order valence-electron chi connectivity index (χ4n) is 2.03. The number of nitrogens with one attached hydrogen (secondary N) is 2. The van der Waals surface area contributed by atoms with E-state index in [1.807, 2.05) is 31.2 Å². The molecule has 0 spiro atoms. The number of halogens is 1. The maximum atomic E-state index is 5.64. The smallest absolute Gasteiger partial charge is 0.191 e. The molecular formula is C18H32IN3O2. The normalized spacial score (nSPS) is 10.9. The minimum Gasteiger partial charge on any atom is -0.494 e. The largest absolute Gasteiger partial charge is 0.494 e. The number of unbranched alkanes of at least 4 members (excludes halogenated alkanes) is 1. The Bertz CT molecular complexity index is 456. The van der Waals surface area contributed by atoms with Crippen molar-refractivity contribution < 1.29 is 9.47 Å². The molecule has 6 heteroatoms. The average molecular weight is 449 g/mol. The van der Waals surface area contributed by atoms with Crippen LogP contribution in [0.25, 0.3) is 0 Å². The lowest BCUT2D eigenvalue weighted by Crippen LogP contribution is -2.39. The molecule has 0 atom stereocenters. The summed E-state index contributed by atoms with van der Waals surface area (Å²) in [5, 5.41) is 6.54. The second-order valence-corrected chi connectivity index (χ2v) is 5.13. The van der Waals surface area contributed by atoms with Crippen LogP contribution >= 0.6 is 24.0 Å². The van der Waals surface area contributed by atoms with Gasteiger partial charge >= 0.3 is 0 Å². The Kier molecular flexibility index (Phi) is 14.8. The van der Waals surface area contributed by atoms with Gasteiger partial charge in [0.15, 0.2) is 5.96 Å². The molecule has 0 radical (unpaired) electrons. The van der Waals surface area contributed by atoms with Gasteiger partial charge in [-0.25, -0.2) is 4.99 Å². The van der Waals surface area contributed by atoms with Crippen LogP contribution in [-0.4, -0.2) is 38.9 Å². The van der Waals surface area contributed by atoms with E-state index in [-0.39, 0.29) is 24.0 Å². The number of nitrogens with zero attached hydrogens (tertiary/aromatic N) is 1. The van der Waals surface area contributed by atoms with Crippen LogP contribution in [0.1, 0.15) is 39.2 Å². The van der Waals surface area contributed by atoms with E-state index < -0.39 is 0 Å². The highest BCUT2D eigenvalue weighted by Crippen LogP contribution is 2.18. The van der Waals surface area contributed by atoms with E-state index >= 15 is 0 Å². The highest BCUT2D eigenvalue weighted by molar-refractivity contribution is 14.0. The van der Waals surface area contributed by atoms with Gasteiger partial charge in [0.25, 0.3) is 0 Å². The number of aliphatic imine (C=N–C) groups is 1. The molecule has 1 aromatic carbocycles. The topological polar surface area (TPSA) is 54.9 Å². The van der Waals surface area contributed by atoms with Gasteiger partial charge in [0.2, 0.25) is 0 Å². The van der Waals surface area contributed by atoms with Gasteiger partial charge in [0.05, 0.1) is 19.8 Å². The number of ether oxygens (including phenoxy) is 2. The molecular weight excluding hydrogens is 417 g/mol. The Balaban J connectivity index is 0.00000529. The molecule has 1 aromatic rings. The standard InChI is InChI=1S/C18H31N3O2.HI/c1-4-7-13-22-14-12-20-18(19-5-2)21-15-16-10-8-9-11-17(16)23-6-3;/h8-11H,4-7,12-15H2,1-3H3,(H2,19,20,21);1H. The lowest BCUT2D eigenvalue weighted by Gasteiger charge is -2.12. The summed E-state index contributed by atoms with van der Waals surface area (Å²) in [6.07, 6.45) is 2.28. The number of rotatable bonds is 11.